The third-order valence-electron chi connectivity index (χ3n) is 5.30. The van der Waals surface area contributed by atoms with Crippen molar-refractivity contribution in [3.63, 3.8) is 0 Å². The molecule has 10 heteroatoms. The van der Waals surface area contributed by atoms with Gasteiger partial charge in [0.05, 0.1) is 16.4 Å². The van der Waals surface area contributed by atoms with Gasteiger partial charge in [0.25, 0.3) is 0 Å². The number of carbonyl (C=O) groups is 2. The zero-order valence-corrected chi connectivity index (χ0v) is 18.1. The number of alkyl halides is 3. The third-order valence-corrected chi connectivity index (χ3v) is 7.20. The maximum Gasteiger partial charge on any atom is 0.416 e. The summed E-state index contributed by atoms with van der Waals surface area (Å²) in [4.78, 5) is 23.7. The maximum atomic E-state index is 12.9. The number of ether oxygens (including phenoxy) is 1. The van der Waals surface area contributed by atoms with E-state index >= 15 is 0 Å². The summed E-state index contributed by atoms with van der Waals surface area (Å²) in [5.74, 6) is -0.811. The van der Waals surface area contributed by atoms with E-state index < -0.39 is 38.5 Å². The molecule has 0 aliphatic carbocycles. The van der Waals surface area contributed by atoms with Crippen LogP contribution in [0.1, 0.15) is 42.1 Å². The molecule has 172 valence electrons. The molecule has 6 nitrogen and oxygen atoms in total. The fourth-order valence-electron chi connectivity index (χ4n) is 3.43. The van der Waals surface area contributed by atoms with E-state index in [0.29, 0.717) is 18.1 Å². The van der Waals surface area contributed by atoms with Crippen molar-refractivity contribution < 1.29 is 35.9 Å². The normalized spacial score (nSPS) is 16.0. The molecule has 0 saturated carbocycles. The molecule has 2 aromatic rings. The second kappa shape index (κ2) is 9.41. The van der Waals surface area contributed by atoms with Crippen molar-refractivity contribution in [2.75, 3.05) is 13.1 Å². The molecule has 32 heavy (non-hydrogen) atoms. The quantitative estimate of drug-likeness (QED) is 0.358. The monoisotopic (exact) mass is 469 g/mol. The van der Waals surface area contributed by atoms with Crippen molar-refractivity contribution in [2.24, 2.45) is 5.92 Å². The molecule has 0 N–H and O–H groups in total. The van der Waals surface area contributed by atoms with Crippen LogP contribution in [0.4, 0.5) is 13.2 Å². The van der Waals surface area contributed by atoms with E-state index in [2.05, 4.69) is 0 Å². The van der Waals surface area contributed by atoms with Crippen LogP contribution in [0.5, 0.6) is 5.75 Å². The van der Waals surface area contributed by atoms with Crippen molar-refractivity contribution >= 4 is 21.8 Å². The summed E-state index contributed by atoms with van der Waals surface area (Å²) in [6, 6.07) is 9.78. The zero-order chi connectivity index (χ0) is 23.5. The standard InChI is InChI=1S/C22H22F3NO5S/c1-2-20(27)15-6-8-18(9-7-15)31-21(28)16-10-12-26(13-11-16)32(29,30)19-5-3-4-17(14-19)22(23,24)25/h3-9,14,16H,2,10-13H2,1H3. The Morgan fingerprint density at radius 3 is 2.25 bits per heavy atom. The van der Waals surface area contributed by atoms with Gasteiger partial charge in [0, 0.05) is 25.1 Å². The van der Waals surface area contributed by atoms with Crippen LogP contribution in [-0.2, 0) is 21.0 Å². The molecule has 1 fully saturated rings. The van der Waals surface area contributed by atoms with Gasteiger partial charge in [0.2, 0.25) is 10.0 Å². The van der Waals surface area contributed by atoms with Crippen molar-refractivity contribution in [3.05, 3.63) is 59.7 Å². The zero-order valence-electron chi connectivity index (χ0n) is 17.3. The Morgan fingerprint density at radius 2 is 1.69 bits per heavy atom. The molecule has 0 unspecified atom stereocenters. The summed E-state index contributed by atoms with van der Waals surface area (Å²) < 4.78 is 70.7. The van der Waals surface area contributed by atoms with Crippen molar-refractivity contribution in [1.29, 1.82) is 0 Å². The van der Waals surface area contributed by atoms with E-state index in [-0.39, 0.29) is 37.5 Å². The number of sulfonamides is 1. The van der Waals surface area contributed by atoms with Crippen LogP contribution >= 0.6 is 0 Å². The molecule has 1 saturated heterocycles. The number of carbonyl (C=O) groups excluding carboxylic acids is 2. The number of nitrogens with zero attached hydrogens (tertiary/aromatic N) is 1. The average Bonchev–Trinajstić information content (AvgIpc) is 2.78. The van der Waals surface area contributed by atoms with Crippen molar-refractivity contribution in [1.82, 2.24) is 4.31 Å². The topological polar surface area (TPSA) is 80.8 Å². The summed E-state index contributed by atoms with van der Waals surface area (Å²) in [6.45, 7) is 1.72. The predicted octanol–water partition coefficient (Wildman–Crippen LogP) is 4.30. The minimum Gasteiger partial charge on any atom is -0.426 e. The van der Waals surface area contributed by atoms with Crippen LogP contribution < -0.4 is 4.74 Å². The lowest BCUT2D eigenvalue weighted by Gasteiger charge is -2.30. The fraction of sp³-hybridized carbons (Fsp3) is 0.364. The fourth-order valence-corrected chi connectivity index (χ4v) is 4.94. The van der Waals surface area contributed by atoms with E-state index in [1.165, 1.54) is 12.1 Å². The van der Waals surface area contributed by atoms with E-state index in [4.69, 9.17) is 4.74 Å². The van der Waals surface area contributed by atoms with Gasteiger partial charge < -0.3 is 4.74 Å². The molecule has 2 aromatic carbocycles. The lowest BCUT2D eigenvalue weighted by molar-refractivity contribution is -0.140. The molecular formula is C22H22F3NO5S. The van der Waals surface area contributed by atoms with Crippen LogP contribution in [0.15, 0.2) is 53.4 Å². The number of Topliss-reactive ketones (excluding diaryl/α,β-unsaturated/α-hetero) is 1. The van der Waals surface area contributed by atoms with Crippen LogP contribution in [-0.4, -0.2) is 37.6 Å². The number of piperidine rings is 1. The summed E-state index contributed by atoms with van der Waals surface area (Å²) in [5, 5.41) is 0. The first kappa shape index (κ1) is 23.9. The Hall–Kier alpha value is -2.72. The number of benzene rings is 2. The van der Waals surface area contributed by atoms with Gasteiger partial charge in [0.1, 0.15) is 5.75 Å². The highest BCUT2D eigenvalue weighted by Gasteiger charge is 2.35. The number of ketones is 1. The van der Waals surface area contributed by atoms with E-state index in [9.17, 15) is 31.2 Å². The number of hydrogen-bond donors (Lipinski definition) is 0. The van der Waals surface area contributed by atoms with Gasteiger partial charge in [-0.1, -0.05) is 13.0 Å². The molecule has 0 spiro atoms. The van der Waals surface area contributed by atoms with Gasteiger partial charge in [-0.15, -0.1) is 0 Å². The lowest BCUT2D eigenvalue weighted by Crippen LogP contribution is -2.41. The largest absolute Gasteiger partial charge is 0.426 e. The Bertz CT molecular complexity index is 1090. The van der Waals surface area contributed by atoms with E-state index in [0.717, 1.165) is 22.5 Å². The Labute approximate surface area is 184 Å². The van der Waals surface area contributed by atoms with E-state index in [1.54, 1.807) is 19.1 Å². The minimum atomic E-state index is -4.65. The van der Waals surface area contributed by atoms with Gasteiger partial charge in [-0.3, -0.25) is 9.59 Å². The average molecular weight is 469 g/mol. The van der Waals surface area contributed by atoms with Crippen molar-refractivity contribution in [3.8, 4) is 5.75 Å². The first-order chi connectivity index (χ1) is 15.0. The summed E-state index contributed by atoms with van der Waals surface area (Å²) in [7, 11) is -4.12. The van der Waals surface area contributed by atoms with Gasteiger partial charge in [-0.2, -0.15) is 17.5 Å². The number of hydrogen-bond acceptors (Lipinski definition) is 5. The second-order valence-corrected chi connectivity index (χ2v) is 9.36. The van der Waals surface area contributed by atoms with Crippen LogP contribution in [0.25, 0.3) is 0 Å². The smallest absolute Gasteiger partial charge is 0.416 e. The van der Waals surface area contributed by atoms with Gasteiger partial charge >= 0.3 is 12.1 Å². The molecule has 1 aliphatic heterocycles. The van der Waals surface area contributed by atoms with Gasteiger partial charge in [-0.05, 0) is 55.3 Å². The Morgan fingerprint density at radius 1 is 1.06 bits per heavy atom. The first-order valence-corrected chi connectivity index (χ1v) is 11.5. The van der Waals surface area contributed by atoms with Crippen LogP contribution in [0, 0.1) is 5.92 Å². The molecule has 3 rings (SSSR count). The summed E-state index contributed by atoms with van der Waals surface area (Å²) in [6.07, 6.45) is -3.92. The molecule has 0 radical (unpaired) electrons. The highest BCUT2D eigenvalue weighted by Crippen LogP contribution is 2.32. The molecule has 0 atom stereocenters. The van der Waals surface area contributed by atoms with Gasteiger partial charge in [-0.25, -0.2) is 8.42 Å². The number of esters is 1. The molecule has 0 aromatic heterocycles. The molecule has 1 aliphatic rings. The van der Waals surface area contributed by atoms with E-state index in [1.807, 2.05) is 0 Å². The molecular weight excluding hydrogens is 447 g/mol. The predicted molar refractivity (Wildman–Crippen MR) is 110 cm³/mol. The van der Waals surface area contributed by atoms with Crippen molar-refractivity contribution in [2.45, 2.75) is 37.3 Å². The second-order valence-electron chi connectivity index (χ2n) is 7.43. The molecule has 0 bridgehead atoms. The van der Waals surface area contributed by atoms with Gasteiger partial charge in [0.15, 0.2) is 5.78 Å². The van der Waals surface area contributed by atoms with Crippen LogP contribution in [0.3, 0.4) is 0 Å². The summed E-state index contributed by atoms with van der Waals surface area (Å²) >= 11 is 0. The SMILES string of the molecule is CCC(=O)c1ccc(OC(=O)C2CCN(S(=O)(=O)c3cccc(C(F)(F)F)c3)CC2)cc1. The summed E-state index contributed by atoms with van der Waals surface area (Å²) in [5.41, 5.74) is -0.524. The number of rotatable bonds is 6. The lowest BCUT2D eigenvalue weighted by atomic mass is 9.98. The highest BCUT2D eigenvalue weighted by atomic mass is 32.2. The Balaban J connectivity index is 1.62. The maximum absolute atomic E-state index is 12.9. The molecule has 1 heterocycles. The Kier molecular flexibility index (Phi) is 7.04. The van der Waals surface area contributed by atoms with Crippen LogP contribution in [0.2, 0.25) is 0 Å². The minimum absolute atomic E-state index is 0.0116. The molecule has 0 amide bonds. The number of halogens is 3. The third kappa shape index (κ3) is 5.36. The first-order valence-electron chi connectivity index (χ1n) is 10.0. The highest BCUT2D eigenvalue weighted by molar-refractivity contribution is 7.89.